The van der Waals surface area contributed by atoms with Gasteiger partial charge >= 0.3 is 6.09 Å². The van der Waals surface area contributed by atoms with Crippen LogP contribution < -0.4 is 5.32 Å². The van der Waals surface area contributed by atoms with Gasteiger partial charge < -0.3 is 9.15 Å². The van der Waals surface area contributed by atoms with Gasteiger partial charge in [-0.3, -0.25) is 5.32 Å². The summed E-state index contributed by atoms with van der Waals surface area (Å²) >= 11 is 0. The molecular formula is C18H17NO3. The van der Waals surface area contributed by atoms with E-state index in [4.69, 9.17) is 9.15 Å². The van der Waals surface area contributed by atoms with Gasteiger partial charge in [0.05, 0.1) is 6.61 Å². The molecule has 0 bridgehead atoms. The molecule has 3 aromatic rings. The Morgan fingerprint density at radius 3 is 2.73 bits per heavy atom. The lowest BCUT2D eigenvalue weighted by Gasteiger charge is -2.04. The van der Waals surface area contributed by atoms with Crippen LogP contribution >= 0.6 is 0 Å². The number of fused-ring (bicyclic) bond motifs is 1. The fourth-order valence-corrected chi connectivity index (χ4v) is 2.35. The van der Waals surface area contributed by atoms with E-state index in [0.717, 1.165) is 23.2 Å². The molecule has 3 rings (SSSR count). The zero-order valence-electron chi connectivity index (χ0n) is 12.3. The third-order valence-corrected chi connectivity index (χ3v) is 3.31. The molecule has 22 heavy (non-hydrogen) atoms. The summed E-state index contributed by atoms with van der Waals surface area (Å²) in [7, 11) is 0. The van der Waals surface area contributed by atoms with Gasteiger partial charge in [0.25, 0.3) is 0 Å². The lowest BCUT2D eigenvalue weighted by atomic mass is 10.1. The molecule has 0 aliphatic carbocycles. The summed E-state index contributed by atoms with van der Waals surface area (Å²) in [5, 5.41) is 3.65. The van der Waals surface area contributed by atoms with E-state index in [1.54, 1.807) is 13.0 Å². The van der Waals surface area contributed by atoms with E-state index in [1.165, 1.54) is 5.56 Å². The van der Waals surface area contributed by atoms with Crippen molar-refractivity contribution in [3.8, 4) is 0 Å². The van der Waals surface area contributed by atoms with Crippen LogP contribution in [0.2, 0.25) is 0 Å². The predicted molar refractivity (Wildman–Crippen MR) is 86.1 cm³/mol. The van der Waals surface area contributed by atoms with Crippen molar-refractivity contribution in [2.75, 3.05) is 11.9 Å². The highest BCUT2D eigenvalue weighted by Gasteiger charge is 2.07. The normalized spacial score (nSPS) is 10.6. The molecule has 1 heterocycles. The van der Waals surface area contributed by atoms with Crippen LogP contribution in [0.25, 0.3) is 11.0 Å². The van der Waals surface area contributed by atoms with Gasteiger partial charge in [0.2, 0.25) is 0 Å². The Morgan fingerprint density at radius 2 is 1.95 bits per heavy atom. The van der Waals surface area contributed by atoms with Crippen LogP contribution in [0.1, 0.15) is 18.2 Å². The van der Waals surface area contributed by atoms with Gasteiger partial charge in [-0.05, 0) is 36.8 Å². The number of anilines is 1. The van der Waals surface area contributed by atoms with Gasteiger partial charge in [-0.1, -0.05) is 30.3 Å². The van der Waals surface area contributed by atoms with Crippen molar-refractivity contribution < 1.29 is 13.9 Å². The molecule has 0 aliphatic heterocycles. The van der Waals surface area contributed by atoms with Crippen molar-refractivity contribution in [1.29, 1.82) is 0 Å². The van der Waals surface area contributed by atoms with E-state index in [1.807, 2.05) is 36.4 Å². The van der Waals surface area contributed by atoms with Crippen LogP contribution in [0.5, 0.6) is 0 Å². The lowest BCUT2D eigenvalue weighted by Crippen LogP contribution is -2.12. The minimum atomic E-state index is -0.449. The largest absolute Gasteiger partial charge is 0.461 e. The molecule has 4 heteroatoms. The molecule has 0 saturated heterocycles. The second-order valence-electron chi connectivity index (χ2n) is 4.97. The third-order valence-electron chi connectivity index (χ3n) is 3.31. The molecule has 112 valence electrons. The zero-order valence-corrected chi connectivity index (χ0v) is 12.3. The van der Waals surface area contributed by atoms with Crippen LogP contribution in [0.4, 0.5) is 10.5 Å². The van der Waals surface area contributed by atoms with E-state index in [9.17, 15) is 4.79 Å². The number of hydrogen-bond acceptors (Lipinski definition) is 3. The van der Waals surface area contributed by atoms with Crippen molar-refractivity contribution in [1.82, 2.24) is 0 Å². The van der Waals surface area contributed by atoms with E-state index in [2.05, 4.69) is 17.4 Å². The Bertz CT molecular complexity index is 777. The number of ether oxygens (including phenoxy) is 1. The van der Waals surface area contributed by atoms with Crippen molar-refractivity contribution in [2.45, 2.75) is 13.3 Å². The molecule has 1 aromatic heterocycles. The second-order valence-corrected chi connectivity index (χ2v) is 4.97. The van der Waals surface area contributed by atoms with Crippen LogP contribution in [0.15, 0.2) is 59.0 Å². The van der Waals surface area contributed by atoms with Crippen LogP contribution in [-0.2, 0) is 11.2 Å². The molecule has 0 aliphatic rings. The molecule has 0 unspecified atom stereocenters. The number of hydrogen-bond donors (Lipinski definition) is 1. The average molecular weight is 295 g/mol. The standard InChI is InChI=1S/C18H17NO3/c1-2-21-18(20)19-15-8-9-17-14(11-15)12-16(22-17)10-13-6-4-3-5-7-13/h3-9,11-12H,2,10H2,1H3,(H,19,20). The molecular weight excluding hydrogens is 278 g/mol. The maximum atomic E-state index is 11.4. The Hall–Kier alpha value is -2.75. The summed E-state index contributed by atoms with van der Waals surface area (Å²) in [5.74, 6) is 0.898. The Balaban J connectivity index is 1.79. The topological polar surface area (TPSA) is 51.5 Å². The highest BCUT2D eigenvalue weighted by atomic mass is 16.5. The Labute approximate surface area is 128 Å². The number of amides is 1. The predicted octanol–water partition coefficient (Wildman–Crippen LogP) is 4.59. The summed E-state index contributed by atoms with van der Waals surface area (Å²) in [4.78, 5) is 11.4. The first-order valence-electron chi connectivity index (χ1n) is 7.25. The molecule has 0 fully saturated rings. The number of carbonyl (C=O) groups is 1. The van der Waals surface area contributed by atoms with Crippen molar-refractivity contribution in [2.24, 2.45) is 0 Å². The van der Waals surface area contributed by atoms with Crippen molar-refractivity contribution in [3.63, 3.8) is 0 Å². The monoisotopic (exact) mass is 295 g/mol. The average Bonchev–Trinajstić information content (AvgIpc) is 2.90. The molecule has 0 spiro atoms. The number of carbonyl (C=O) groups excluding carboxylic acids is 1. The Morgan fingerprint density at radius 1 is 1.14 bits per heavy atom. The molecule has 0 atom stereocenters. The number of benzene rings is 2. The van der Waals surface area contributed by atoms with E-state index in [0.29, 0.717) is 12.3 Å². The molecule has 0 radical (unpaired) electrons. The summed E-state index contributed by atoms with van der Waals surface area (Å²) in [5.41, 5.74) is 2.70. The summed E-state index contributed by atoms with van der Waals surface area (Å²) in [6.45, 7) is 2.12. The van der Waals surface area contributed by atoms with Gasteiger partial charge in [-0.25, -0.2) is 4.79 Å². The van der Waals surface area contributed by atoms with E-state index >= 15 is 0 Å². The highest BCUT2D eigenvalue weighted by Crippen LogP contribution is 2.24. The highest BCUT2D eigenvalue weighted by molar-refractivity contribution is 5.89. The van der Waals surface area contributed by atoms with Crippen LogP contribution in [0.3, 0.4) is 0 Å². The van der Waals surface area contributed by atoms with Crippen LogP contribution in [0, 0.1) is 0 Å². The van der Waals surface area contributed by atoms with E-state index < -0.39 is 6.09 Å². The quantitative estimate of drug-likeness (QED) is 0.765. The molecule has 1 amide bonds. The summed E-state index contributed by atoms with van der Waals surface area (Å²) in [6, 6.07) is 17.7. The second kappa shape index (κ2) is 6.35. The Kier molecular flexibility index (Phi) is 4.10. The van der Waals surface area contributed by atoms with Crippen molar-refractivity contribution >= 4 is 22.7 Å². The molecule has 1 N–H and O–H groups in total. The molecule has 2 aromatic carbocycles. The van der Waals surface area contributed by atoms with Gasteiger partial charge in [-0.2, -0.15) is 0 Å². The van der Waals surface area contributed by atoms with Crippen LogP contribution in [-0.4, -0.2) is 12.7 Å². The van der Waals surface area contributed by atoms with Crippen molar-refractivity contribution in [3.05, 3.63) is 65.9 Å². The number of rotatable bonds is 4. The SMILES string of the molecule is CCOC(=O)Nc1ccc2oc(Cc3ccccc3)cc2c1. The fourth-order valence-electron chi connectivity index (χ4n) is 2.35. The minimum absolute atomic E-state index is 0.348. The van der Waals surface area contributed by atoms with Gasteiger partial charge in [0, 0.05) is 17.5 Å². The van der Waals surface area contributed by atoms with Gasteiger partial charge in [-0.15, -0.1) is 0 Å². The number of furan rings is 1. The summed E-state index contributed by atoms with van der Waals surface area (Å²) < 4.78 is 10.7. The third kappa shape index (κ3) is 3.28. The molecule has 4 nitrogen and oxygen atoms in total. The van der Waals surface area contributed by atoms with Gasteiger partial charge in [0.15, 0.2) is 0 Å². The first-order chi connectivity index (χ1) is 10.7. The minimum Gasteiger partial charge on any atom is -0.461 e. The lowest BCUT2D eigenvalue weighted by molar-refractivity contribution is 0.168. The van der Waals surface area contributed by atoms with Gasteiger partial charge in [0.1, 0.15) is 11.3 Å². The zero-order chi connectivity index (χ0) is 15.4. The summed E-state index contributed by atoms with van der Waals surface area (Å²) in [6.07, 6.45) is 0.297. The first-order valence-corrected chi connectivity index (χ1v) is 7.25. The molecule has 0 saturated carbocycles. The fraction of sp³-hybridized carbons (Fsp3) is 0.167. The first kappa shape index (κ1) is 14.2. The number of nitrogens with one attached hydrogen (secondary N) is 1. The maximum absolute atomic E-state index is 11.4. The van der Waals surface area contributed by atoms with E-state index in [-0.39, 0.29) is 0 Å². The smallest absolute Gasteiger partial charge is 0.411 e. The maximum Gasteiger partial charge on any atom is 0.411 e.